The van der Waals surface area contributed by atoms with Crippen molar-refractivity contribution in [1.29, 1.82) is 0 Å². The Balaban J connectivity index is 3.37. The van der Waals surface area contributed by atoms with Gasteiger partial charge in [0.1, 0.15) is 4.60 Å². The molecule has 0 aliphatic rings. The molecule has 0 radical (unpaired) electrons. The summed E-state index contributed by atoms with van der Waals surface area (Å²) < 4.78 is 0.532. The predicted molar refractivity (Wildman–Crippen MR) is 53.0 cm³/mol. The molecular formula is C5H2BrIN2O3. The summed E-state index contributed by atoms with van der Waals surface area (Å²) in [6.45, 7) is 0. The van der Waals surface area contributed by atoms with Crippen molar-refractivity contribution in [3.05, 3.63) is 24.5 Å². The van der Waals surface area contributed by atoms with Crippen molar-refractivity contribution in [1.82, 2.24) is 4.98 Å². The molecule has 1 aromatic rings. The predicted octanol–water partition coefficient (Wildman–Crippen LogP) is 2.06. The summed E-state index contributed by atoms with van der Waals surface area (Å²) in [6.07, 6.45) is 0. The molecule has 7 heteroatoms. The van der Waals surface area contributed by atoms with Crippen LogP contribution in [0, 0.1) is 13.8 Å². The third-order valence-corrected chi connectivity index (χ3v) is 2.25. The molecule has 0 fully saturated rings. The number of rotatable bonds is 1. The average molecular weight is 345 g/mol. The van der Waals surface area contributed by atoms with Gasteiger partial charge in [0.05, 0.1) is 11.0 Å². The van der Waals surface area contributed by atoms with Crippen LogP contribution in [0.3, 0.4) is 0 Å². The number of hydrogen-bond donors (Lipinski definition) is 1. The van der Waals surface area contributed by atoms with Gasteiger partial charge in [0.15, 0.2) is 3.70 Å². The monoisotopic (exact) mass is 344 g/mol. The number of nitro groups is 1. The second kappa shape index (κ2) is 3.52. The summed E-state index contributed by atoms with van der Waals surface area (Å²) in [4.78, 5) is 13.4. The van der Waals surface area contributed by atoms with E-state index in [1.165, 1.54) is 0 Å². The molecule has 1 N–H and O–H groups in total. The van der Waals surface area contributed by atoms with Gasteiger partial charge in [0.25, 0.3) is 0 Å². The van der Waals surface area contributed by atoms with Crippen LogP contribution in [-0.4, -0.2) is 15.0 Å². The van der Waals surface area contributed by atoms with Crippen LogP contribution in [0.15, 0.2) is 10.7 Å². The van der Waals surface area contributed by atoms with Crippen LogP contribution in [0.5, 0.6) is 5.75 Å². The lowest BCUT2D eigenvalue weighted by atomic mass is 10.4. The zero-order valence-corrected chi connectivity index (χ0v) is 9.23. The third-order valence-electron chi connectivity index (χ3n) is 1.10. The molecule has 0 aliphatic heterocycles. The first kappa shape index (κ1) is 9.65. The molecule has 1 aromatic heterocycles. The lowest BCUT2D eigenvalue weighted by molar-refractivity contribution is -0.386. The van der Waals surface area contributed by atoms with E-state index in [0.717, 1.165) is 6.07 Å². The van der Waals surface area contributed by atoms with Crippen molar-refractivity contribution in [3.63, 3.8) is 0 Å². The molecule has 64 valence electrons. The van der Waals surface area contributed by atoms with Gasteiger partial charge in [-0.25, -0.2) is 4.98 Å². The first-order valence-electron chi connectivity index (χ1n) is 2.71. The fourth-order valence-electron chi connectivity index (χ4n) is 0.605. The molecule has 1 rings (SSSR count). The molecule has 0 aromatic carbocycles. The third kappa shape index (κ3) is 1.83. The summed E-state index contributed by atoms with van der Waals surface area (Å²) in [5.74, 6) is -0.399. The quantitative estimate of drug-likeness (QED) is 0.366. The SMILES string of the molecule is O=[N+]([O-])c1cc(Br)nc(I)c1O. The maximum absolute atomic E-state index is 10.3. The van der Waals surface area contributed by atoms with Crippen LogP contribution in [0.1, 0.15) is 0 Å². The Labute approximate surface area is 89.2 Å². The molecule has 0 amide bonds. The molecule has 0 atom stereocenters. The van der Waals surface area contributed by atoms with Gasteiger partial charge in [-0.2, -0.15) is 0 Å². The van der Waals surface area contributed by atoms with E-state index in [-0.39, 0.29) is 9.39 Å². The van der Waals surface area contributed by atoms with Gasteiger partial charge in [0.2, 0.25) is 5.75 Å². The Kier molecular flexibility index (Phi) is 2.83. The highest BCUT2D eigenvalue weighted by molar-refractivity contribution is 14.1. The highest BCUT2D eigenvalue weighted by atomic mass is 127. The van der Waals surface area contributed by atoms with E-state index in [1.54, 1.807) is 22.6 Å². The van der Waals surface area contributed by atoms with Crippen molar-refractivity contribution in [2.75, 3.05) is 0 Å². The zero-order chi connectivity index (χ0) is 9.30. The number of aromatic nitrogens is 1. The summed E-state index contributed by atoms with van der Waals surface area (Å²) in [7, 11) is 0. The van der Waals surface area contributed by atoms with Crippen molar-refractivity contribution < 1.29 is 10.0 Å². The molecule has 0 saturated carbocycles. The zero-order valence-electron chi connectivity index (χ0n) is 5.49. The van der Waals surface area contributed by atoms with E-state index in [2.05, 4.69) is 20.9 Å². The standard InChI is InChI=1S/C5H2BrIN2O3/c6-3-1-2(9(11)12)4(10)5(7)8-3/h1,10H. The van der Waals surface area contributed by atoms with E-state index < -0.39 is 10.7 Å². The van der Waals surface area contributed by atoms with E-state index in [0.29, 0.717) is 4.60 Å². The highest BCUT2D eigenvalue weighted by Crippen LogP contribution is 2.31. The van der Waals surface area contributed by atoms with Crippen LogP contribution in [-0.2, 0) is 0 Å². The van der Waals surface area contributed by atoms with Crippen molar-refractivity contribution >= 4 is 44.2 Å². The minimum atomic E-state index is -0.663. The summed E-state index contributed by atoms with van der Waals surface area (Å²) >= 11 is 4.70. The Morgan fingerprint density at radius 3 is 2.83 bits per heavy atom. The highest BCUT2D eigenvalue weighted by Gasteiger charge is 2.17. The van der Waals surface area contributed by atoms with E-state index in [9.17, 15) is 10.1 Å². The molecule has 12 heavy (non-hydrogen) atoms. The molecule has 0 aliphatic carbocycles. The number of aromatic hydroxyl groups is 1. The molecule has 5 nitrogen and oxygen atoms in total. The molecule has 0 spiro atoms. The second-order valence-corrected chi connectivity index (χ2v) is 3.69. The maximum Gasteiger partial charge on any atom is 0.316 e. The van der Waals surface area contributed by atoms with Crippen LogP contribution in [0.25, 0.3) is 0 Å². The van der Waals surface area contributed by atoms with Gasteiger partial charge in [-0.3, -0.25) is 10.1 Å². The molecular weight excluding hydrogens is 343 g/mol. The number of hydrogen-bond acceptors (Lipinski definition) is 4. The lowest BCUT2D eigenvalue weighted by Crippen LogP contribution is -1.92. The molecule has 1 heterocycles. The number of halogens is 2. The van der Waals surface area contributed by atoms with Gasteiger partial charge in [-0.05, 0) is 38.5 Å². The Bertz CT molecular complexity index is 344. The second-order valence-electron chi connectivity index (χ2n) is 1.86. The van der Waals surface area contributed by atoms with Gasteiger partial charge in [0, 0.05) is 0 Å². The van der Waals surface area contributed by atoms with Gasteiger partial charge >= 0.3 is 5.69 Å². The summed E-state index contributed by atoms with van der Waals surface area (Å²) in [5.41, 5.74) is -0.346. The Hall–Kier alpha value is -0.440. The molecule has 0 saturated heterocycles. The van der Waals surface area contributed by atoms with Gasteiger partial charge in [-0.15, -0.1) is 0 Å². The van der Waals surface area contributed by atoms with Crippen LogP contribution in [0.2, 0.25) is 0 Å². The fraction of sp³-hybridized carbons (Fsp3) is 0. The van der Waals surface area contributed by atoms with E-state index in [4.69, 9.17) is 5.11 Å². The van der Waals surface area contributed by atoms with Crippen LogP contribution >= 0.6 is 38.5 Å². The lowest BCUT2D eigenvalue weighted by Gasteiger charge is -1.97. The number of pyridine rings is 1. The fourth-order valence-corrected chi connectivity index (χ4v) is 1.87. The smallest absolute Gasteiger partial charge is 0.316 e. The van der Waals surface area contributed by atoms with Crippen molar-refractivity contribution in [2.45, 2.75) is 0 Å². The minimum Gasteiger partial charge on any atom is -0.500 e. The van der Waals surface area contributed by atoms with Gasteiger partial charge in [-0.1, -0.05) is 0 Å². The molecule has 0 bridgehead atoms. The van der Waals surface area contributed by atoms with Crippen LogP contribution in [0.4, 0.5) is 5.69 Å². The van der Waals surface area contributed by atoms with E-state index >= 15 is 0 Å². The Morgan fingerprint density at radius 2 is 2.33 bits per heavy atom. The first-order chi connectivity index (χ1) is 5.52. The number of nitrogens with zero attached hydrogens (tertiary/aromatic N) is 2. The largest absolute Gasteiger partial charge is 0.500 e. The summed E-state index contributed by atoms with van der Waals surface area (Å²) in [5, 5.41) is 19.5. The Morgan fingerprint density at radius 1 is 1.75 bits per heavy atom. The normalized spacial score (nSPS) is 9.83. The molecule has 0 unspecified atom stereocenters. The van der Waals surface area contributed by atoms with Crippen molar-refractivity contribution in [3.8, 4) is 5.75 Å². The van der Waals surface area contributed by atoms with Crippen LogP contribution < -0.4 is 0 Å². The van der Waals surface area contributed by atoms with Gasteiger partial charge < -0.3 is 5.11 Å². The topological polar surface area (TPSA) is 76.3 Å². The minimum absolute atomic E-state index is 0.202. The maximum atomic E-state index is 10.3. The first-order valence-corrected chi connectivity index (χ1v) is 4.59. The van der Waals surface area contributed by atoms with E-state index in [1.807, 2.05) is 0 Å². The summed E-state index contributed by atoms with van der Waals surface area (Å²) in [6, 6.07) is 1.15. The average Bonchev–Trinajstić information content (AvgIpc) is 1.96. The van der Waals surface area contributed by atoms with Crippen molar-refractivity contribution in [2.24, 2.45) is 0 Å².